The zero-order valence-corrected chi connectivity index (χ0v) is 16.8. The second kappa shape index (κ2) is 9.45. The molecule has 0 aliphatic heterocycles. The summed E-state index contributed by atoms with van der Waals surface area (Å²) in [5.74, 6) is -1.18. The van der Waals surface area contributed by atoms with Crippen LogP contribution in [0.3, 0.4) is 0 Å². The third-order valence-corrected chi connectivity index (χ3v) is 5.46. The lowest BCUT2D eigenvalue weighted by Gasteiger charge is -2.14. The number of benzene rings is 2. The Kier molecular flexibility index (Phi) is 7.28. The number of sulfonamides is 1. The average Bonchev–Trinajstić information content (AvgIpc) is 2.66. The van der Waals surface area contributed by atoms with E-state index in [4.69, 9.17) is 0 Å². The summed E-state index contributed by atoms with van der Waals surface area (Å²) in [6.45, 7) is -0.442. The molecule has 2 N–H and O–H groups in total. The number of carbonyl (C=O) groups is 2. The lowest BCUT2D eigenvalue weighted by atomic mass is 10.2. The number of hydrogen-bond acceptors (Lipinski definition) is 4. The van der Waals surface area contributed by atoms with Gasteiger partial charge in [0, 0.05) is 22.5 Å². The fourth-order valence-corrected chi connectivity index (χ4v) is 3.06. The Morgan fingerprint density at radius 2 is 1.67 bits per heavy atom. The minimum Gasteiger partial charge on any atom is -0.272 e. The van der Waals surface area contributed by atoms with E-state index in [0.29, 0.717) is 5.56 Å². The van der Waals surface area contributed by atoms with Crippen molar-refractivity contribution < 1.29 is 18.0 Å². The van der Waals surface area contributed by atoms with Crippen LogP contribution in [0.15, 0.2) is 64.5 Å². The molecule has 0 radical (unpaired) electrons. The molecule has 0 saturated heterocycles. The minimum absolute atomic E-state index is 0.352. The van der Waals surface area contributed by atoms with Gasteiger partial charge in [-0.2, -0.15) is 4.31 Å². The molecule has 0 aromatic heterocycles. The first-order valence-electron chi connectivity index (χ1n) is 7.82. The Morgan fingerprint density at radius 1 is 1.04 bits per heavy atom. The molecule has 0 unspecified atom stereocenters. The summed E-state index contributed by atoms with van der Waals surface area (Å²) in [6, 6.07) is 15.5. The van der Waals surface area contributed by atoms with E-state index in [-0.39, 0.29) is 0 Å². The van der Waals surface area contributed by atoms with E-state index in [1.807, 2.05) is 6.07 Å². The molecule has 2 rings (SSSR count). The first-order chi connectivity index (χ1) is 12.8. The molecule has 142 valence electrons. The number of amides is 2. The smallest absolute Gasteiger partial charge is 0.269 e. The molecule has 2 aromatic carbocycles. The lowest BCUT2D eigenvalue weighted by Crippen LogP contribution is -2.46. The van der Waals surface area contributed by atoms with Crippen LogP contribution in [0, 0.1) is 0 Å². The zero-order valence-electron chi connectivity index (χ0n) is 14.4. The predicted molar refractivity (Wildman–Crippen MR) is 107 cm³/mol. The van der Waals surface area contributed by atoms with Crippen LogP contribution in [-0.4, -0.2) is 38.1 Å². The number of hydrazine groups is 1. The van der Waals surface area contributed by atoms with Gasteiger partial charge in [0.15, 0.2) is 0 Å². The van der Waals surface area contributed by atoms with Crippen LogP contribution in [0.4, 0.5) is 0 Å². The van der Waals surface area contributed by atoms with Crippen molar-refractivity contribution in [1.82, 2.24) is 15.2 Å². The van der Waals surface area contributed by atoms with Crippen LogP contribution in [-0.2, 0) is 14.8 Å². The number of nitrogens with zero attached hydrogens (tertiary/aromatic N) is 1. The minimum atomic E-state index is -3.78. The van der Waals surface area contributed by atoms with Gasteiger partial charge in [0.05, 0.1) is 6.54 Å². The van der Waals surface area contributed by atoms with Crippen molar-refractivity contribution in [2.24, 2.45) is 0 Å². The third kappa shape index (κ3) is 6.63. The Hall–Kier alpha value is -2.49. The molecule has 0 atom stereocenters. The Bertz CT molecular complexity index is 929. The van der Waals surface area contributed by atoms with E-state index in [9.17, 15) is 18.0 Å². The van der Waals surface area contributed by atoms with Crippen molar-refractivity contribution in [2.45, 2.75) is 0 Å². The lowest BCUT2D eigenvalue weighted by molar-refractivity contribution is -0.121. The van der Waals surface area contributed by atoms with Gasteiger partial charge in [-0.3, -0.25) is 20.4 Å². The monoisotopic (exact) mass is 451 g/mol. The number of carbonyl (C=O) groups excluding carboxylic acids is 2. The molecule has 9 heteroatoms. The molecule has 0 fully saturated rings. The molecule has 0 saturated carbocycles. The molecule has 2 amide bonds. The van der Waals surface area contributed by atoms with E-state index >= 15 is 0 Å². The molecule has 0 bridgehead atoms. The predicted octanol–water partition coefficient (Wildman–Crippen LogP) is 2.14. The number of hydrogen-bond donors (Lipinski definition) is 2. The zero-order chi connectivity index (χ0) is 19.9. The fourth-order valence-electron chi connectivity index (χ4n) is 1.96. The van der Waals surface area contributed by atoms with Gasteiger partial charge in [0.1, 0.15) is 0 Å². The van der Waals surface area contributed by atoms with Gasteiger partial charge in [0.2, 0.25) is 10.0 Å². The van der Waals surface area contributed by atoms with Crippen molar-refractivity contribution in [2.75, 3.05) is 13.6 Å². The molecule has 7 nitrogen and oxygen atoms in total. The molecule has 27 heavy (non-hydrogen) atoms. The Labute approximate surface area is 166 Å². The molecule has 0 aliphatic carbocycles. The highest BCUT2D eigenvalue weighted by molar-refractivity contribution is 9.10. The van der Waals surface area contributed by atoms with Gasteiger partial charge in [-0.05, 0) is 35.9 Å². The van der Waals surface area contributed by atoms with Gasteiger partial charge in [-0.15, -0.1) is 0 Å². The van der Waals surface area contributed by atoms with Gasteiger partial charge >= 0.3 is 0 Å². The van der Waals surface area contributed by atoms with Crippen LogP contribution in [0.2, 0.25) is 0 Å². The van der Waals surface area contributed by atoms with Crippen molar-refractivity contribution in [3.8, 4) is 0 Å². The number of rotatable bonds is 6. The first kappa shape index (κ1) is 20.8. The van der Waals surface area contributed by atoms with Gasteiger partial charge in [-0.25, -0.2) is 8.42 Å². The van der Waals surface area contributed by atoms with Crippen LogP contribution < -0.4 is 10.9 Å². The molecule has 0 aliphatic rings. The maximum Gasteiger partial charge on any atom is 0.269 e. The highest BCUT2D eigenvalue weighted by atomic mass is 79.9. The van der Waals surface area contributed by atoms with E-state index < -0.39 is 28.4 Å². The summed E-state index contributed by atoms with van der Waals surface area (Å²) in [7, 11) is -2.50. The summed E-state index contributed by atoms with van der Waals surface area (Å²) in [5.41, 5.74) is 5.51. The second-order valence-electron chi connectivity index (χ2n) is 5.52. The highest BCUT2D eigenvalue weighted by Gasteiger charge is 2.18. The maximum absolute atomic E-state index is 12.2. The van der Waals surface area contributed by atoms with Crippen LogP contribution in [0.25, 0.3) is 6.08 Å². The first-order valence-corrected chi connectivity index (χ1v) is 10.1. The quantitative estimate of drug-likeness (QED) is 0.657. The summed E-state index contributed by atoms with van der Waals surface area (Å²) in [4.78, 5) is 23.8. The van der Waals surface area contributed by atoms with E-state index in [1.165, 1.54) is 13.1 Å². The Morgan fingerprint density at radius 3 is 2.30 bits per heavy atom. The maximum atomic E-state index is 12.2. The van der Waals surface area contributed by atoms with Gasteiger partial charge in [0.25, 0.3) is 11.8 Å². The fraction of sp³-hybridized carbons (Fsp3) is 0.111. The molecule has 0 spiro atoms. The summed E-state index contributed by atoms with van der Waals surface area (Å²) >= 11 is 3.26. The summed E-state index contributed by atoms with van der Waals surface area (Å²) in [6.07, 6.45) is 1.44. The second-order valence-corrected chi connectivity index (χ2v) is 8.36. The SMILES string of the molecule is CN(CC(=O)NNC(=O)c1ccc(Br)cc1)S(=O)(=O)/C=C/c1ccccc1. The van der Waals surface area contributed by atoms with Crippen LogP contribution >= 0.6 is 15.9 Å². The van der Waals surface area contributed by atoms with Gasteiger partial charge in [-0.1, -0.05) is 46.3 Å². The average molecular weight is 452 g/mol. The Balaban J connectivity index is 1.87. The molecular weight excluding hydrogens is 434 g/mol. The molecule has 2 aromatic rings. The van der Waals surface area contributed by atoms with E-state index in [0.717, 1.165) is 19.7 Å². The van der Waals surface area contributed by atoms with Crippen molar-refractivity contribution in [3.63, 3.8) is 0 Å². The topological polar surface area (TPSA) is 95.6 Å². The van der Waals surface area contributed by atoms with Crippen molar-refractivity contribution in [1.29, 1.82) is 0 Å². The standard InChI is InChI=1S/C18H18BrN3O4S/c1-22(27(25,26)12-11-14-5-3-2-4-6-14)13-17(23)20-21-18(24)15-7-9-16(19)10-8-15/h2-12H,13H2,1H3,(H,20,23)(H,21,24)/b12-11+. The van der Waals surface area contributed by atoms with E-state index in [1.54, 1.807) is 48.5 Å². The largest absolute Gasteiger partial charge is 0.272 e. The summed E-state index contributed by atoms with van der Waals surface area (Å²) < 4.78 is 26.1. The third-order valence-electron chi connectivity index (χ3n) is 3.45. The van der Waals surface area contributed by atoms with Gasteiger partial charge < -0.3 is 0 Å². The van der Waals surface area contributed by atoms with Crippen molar-refractivity contribution in [3.05, 3.63) is 75.6 Å². The number of likely N-dealkylation sites (N-methyl/N-ethyl adjacent to an activating group) is 1. The molecular formula is C18H18BrN3O4S. The van der Waals surface area contributed by atoms with E-state index in [2.05, 4.69) is 26.8 Å². The van der Waals surface area contributed by atoms with Crippen molar-refractivity contribution >= 4 is 43.8 Å². The van der Waals surface area contributed by atoms with Crippen LogP contribution in [0.5, 0.6) is 0 Å². The molecule has 0 heterocycles. The van der Waals surface area contributed by atoms with Crippen LogP contribution in [0.1, 0.15) is 15.9 Å². The summed E-state index contributed by atoms with van der Waals surface area (Å²) in [5, 5.41) is 1.02. The number of nitrogens with one attached hydrogen (secondary N) is 2. The highest BCUT2D eigenvalue weighted by Crippen LogP contribution is 2.10. The number of halogens is 1. The normalized spacial score (nSPS) is 11.5.